The van der Waals surface area contributed by atoms with Crippen molar-refractivity contribution in [3.8, 4) is 5.75 Å². The molecule has 1 aliphatic rings. The van der Waals surface area contributed by atoms with Gasteiger partial charge < -0.3 is 9.64 Å². The largest absolute Gasteiger partial charge is 0.495 e. The first-order valence-corrected chi connectivity index (χ1v) is 7.67. The number of nitrogens with zero attached hydrogens (tertiary/aromatic N) is 2. The fraction of sp³-hybridized carbons (Fsp3) is 0.429. The Morgan fingerprint density at radius 2 is 2.27 bits per heavy atom. The molecule has 118 valence electrons. The number of rotatable bonds is 5. The number of non-ortho nitro benzene ring substituents is 1. The van der Waals surface area contributed by atoms with Crippen molar-refractivity contribution in [2.24, 2.45) is 5.92 Å². The van der Waals surface area contributed by atoms with Crippen LogP contribution in [0, 0.1) is 16.0 Å². The first kappa shape index (κ1) is 16.3. The van der Waals surface area contributed by atoms with Crippen LogP contribution in [-0.4, -0.2) is 35.4 Å². The van der Waals surface area contributed by atoms with Crippen molar-refractivity contribution in [3.05, 3.63) is 28.3 Å². The summed E-state index contributed by atoms with van der Waals surface area (Å²) in [7, 11) is 1.45. The first-order valence-electron chi connectivity index (χ1n) is 6.68. The maximum absolute atomic E-state index is 12.2. The lowest BCUT2D eigenvalue weighted by molar-refractivity contribution is -0.384. The Balaban J connectivity index is 2.23. The fourth-order valence-corrected chi connectivity index (χ4v) is 3.06. The molecule has 0 spiro atoms. The van der Waals surface area contributed by atoms with Crippen LogP contribution in [0.15, 0.2) is 18.2 Å². The Morgan fingerprint density at radius 1 is 1.55 bits per heavy atom. The molecule has 1 aromatic rings. The molecular formula is C14H16N2O5S. The highest BCUT2D eigenvalue weighted by Gasteiger charge is 2.33. The van der Waals surface area contributed by atoms with Crippen LogP contribution >= 0.6 is 11.8 Å². The zero-order valence-electron chi connectivity index (χ0n) is 12.3. The lowest BCUT2D eigenvalue weighted by Gasteiger charge is -2.19. The SMILES string of the molecule is COc1ccc([N+](=O)[O-])cc1N1CC(CSC(C)=O)CC1=O. The molecule has 1 aromatic carbocycles. The second-order valence-corrected chi connectivity index (χ2v) is 6.19. The van der Waals surface area contributed by atoms with Crippen molar-refractivity contribution in [2.75, 3.05) is 24.3 Å². The zero-order valence-corrected chi connectivity index (χ0v) is 13.1. The van der Waals surface area contributed by atoms with Gasteiger partial charge in [-0.15, -0.1) is 0 Å². The van der Waals surface area contributed by atoms with Crippen LogP contribution in [0.3, 0.4) is 0 Å². The molecule has 0 radical (unpaired) electrons. The summed E-state index contributed by atoms with van der Waals surface area (Å²) in [5, 5.41) is 10.9. The second-order valence-electron chi connectivity index (χ2n) is 4.99. The summed E-state index contributed by atoms with van der Waals surface area (Å²) in [6.07, 6.45) is 0.326. The number of amides is 1. The van der Waals surface area contributed by atoms with Crippen molar-refractivity contribution < 1.29 is 19.2 Å². The average Bonchev–Trinajstić information content (AvgIpc) is 2.85. The van der Waals surface area contributed by atoms with Gasteiger partial charge >= 0.3 is 0 Å². The minimum Gasteiger partial charge on any atom is -0.495 e. The maximum atomic E-state index is 12.2. The second kappa shape index (κ2) is 6.78. The van der Waals surface area contributed by atoms with Crippen LogP contribution in [-0.2, 0) is 9.59 Å². The normalized spacial score (nSPS) is 17.6. The van der Waals surface area contributed by atoms with E-state index in [2.05, 4.69) is 0 Å². The van der Waals surface area contributed by atoms with E-state index in [9.17, 15) is 19.7 Å². The van der Waals surface area contributed by atoms with Gasteiger partial charge in [0, 0.05) is 37.8 Å². The first-order chi connectivity index (χ1) is 10.4. The molecule has 1 saturated heterocycles. The van der Waals surface area contributed by atoms with Gasteiger partial charge in [0.2, 0.25) is 5.91 Å². The summed E-state index contributed by atoms with van der Waals surface area (Å²) in [4.78, 5) is 35.1. The van der Waals surface area contributed by atoms with Gasteiger partial charge in [-0.1, -0.05) is 11.8 Å². The number of thioether (sulfide) groups is 1. The Hall–Kier alpha value is -2.09. The summed E-state index contributed by atoms with van der Waals surface area (Å²) in [6.45, 7) is 1.92. The summed E-state index contributed by atoms with van der Waals surface area (Å²) >= 11 is 1.19. The number of nitro groups is 1. The Bertz CT molecular complexity index is 619. The summed E-state index contributed by atoms with van der Waals surface area (Å²) < 4.78 is 5.20. The van der Waals surface area contributed by atoms with Gasteiger partial charge in [0.25, 0.3) is 5.69 Å². The third kappa shape index (κ3) is 3.56. The Kier molecular flexibility index (Phi) is 5.02. The van der Waals surface area contributed by atoms with E-state index in [1.807, 2.05) is 0 Å². The molecule has 22 heavy (non-hydrogen) atoms. The Morgan fingerprint density at radius 3 is 2.86 bits per heavy atom. The fourth-order valence-electron chi connectivity index (χ4n) is 2.36. The lowest BCUT2D eigenvalue weighted by atomic mass is 10.1. The van der Waals surface area contributed by atoms with E-state index >= 15 is 0 Å². The number of nitro benzene ring substituents is 1. The number of carbonyl (C=O) groups is 2. The third-order valence-electron chi connectivity index (χ3n) is 3.39. The van der Waals surface area contributed by atoms with Crippen molar-refractivity contribution in [1.82, 2.24) is 0 Å². The van der Waals surface area contributed by atoms with Crippen LogP contribution < -0.4 is 9.64 Å². The van der Waals surface area contributed by atoms with Gasteiger partial charge in [0.15, 0.2) is 5.12 Å². The molecule has 8 heteroatoms. The summed E-state index contributed by atoms with van der Waals surface area (Å²) in [5.74, 6) is 0.909. The number of benzene rings is 1. The molecule has 0 N–H and O–H groups in total. The molecule has 1 unspecified atom stereocenters. The van der Waals surface area contributed by atoms with Crippen molar-refractivity contribution in [3.63, 3.8) is 0 Å². The molecule has 2 rings (SSSR count). The molecule has 0 saturated carbocycles. The highest BCUT2D eigenvalue weighted by molar-refractivity contribution is 8.13. The van der Waals surface area contributed by atoms with E-state index in [4.69, 9.17) is 4.74 Å². The van der Waals surface area contributed by atoms with Gasteiger partial charge in [-0.25, -0.2) is 0 Å². The topological polar surface area (TPSA) is 89.8 Å². The predicted molar refractivity (Wildman–Crippen MR) is 83.2 cm³/mol. The summed E-state index contributed by atoms with van der Waals surface area (Å²) in [6, 6.07) is 4.17. The highest BCUT2D eigenvalue weighted by atomic mass is 32.2. The Labute approximate surface area is 131 Å². The van der Waals surface area contributed by atoms with Gasteiger partial charge in [0.1, 0.15) is 5.75 Å². The van der Waals surface area contributed by atoms with Gasteiger partial charge in [-0.2, -0.15) is 0 Å². The van der Waals surface area contributed by atoms with Gasteiger partial charge in [0.05, 0.1) is 17.7 Å². The number of anilines is 1. The molecule has 1 amide bonds. The molecular weight excluding hydrogens is 308 g/mol. The molecule has 0 aliphatic carbocycles. The highest BCUT2D eigenvalue weighted by Crippen LogP contribution is 2.36. The van der Waals surface area contributed by atoms with E-state index in [0.717, 1.165) is 0 Å². The van der Waals surface area contributed by atoms with E-state index in [0.29, 0.717) is 30.2 Å². The van der Waals surface area contributed by atoms with Crippen molar-refractivity contribution in [1.29, 1.82) is 0 Å². The summed E-state index contributed by atoms with van der Waals surface area (Å²) in [5.41, 5.74) is 0.308. The van der Waals surface area contributed by atoms with E-state index < -0.39 is 4.92 Å². The van der Waals surface area contributed by atoms with Crippen LogP contribution in [0.4, 0.5) is 11.4 Å². The smallest absolute Gasteiger partial charge is 0.271 e. The number of hydrogen-bond donors (Lipinski definition) is 0. The van der Waals surface area contributed by atoms with Crippen molar-refractivity contribution in [2.45, 2.75) is 13.3 Å². The monoisotopic (exact) mass is 324 g/mol. The number of carbonyl (C=O) groups excluding carboxylic acids is 2. The van der Waals surface area contributed by atoms with Crippen molar-refractivity contribution >= 4 is 34.2 Å². The maximum Gasteiger partial charge on any atom is 0.271 e. The number of ether oxygens (including phenoxy) is 1. The molecule has 0 aromatic heterocycles. The molecule has 1 heterocycles. The zero-order chi connectivity index (χ0) is 16.3. The van der Waals surface area contributed by atoms with Gasteiger partial charge in [-0.05, 0) is 12.0 Å². The van der Waals surface area contributed by atoms with Crippen LogP contribution in [0.1, 0.15) is 13.3 Å². The van der Waals surface area contributed by atoms with Crippen LogP contribution in [0.5, 0.6) is 5.75 Å². The van der Waals surface area contributed by atoms with E-state index in [1.54, 1.807) is 0 Å². The van der Waals surface area contributed by atoms with E-state index in [1.165, 1.54) is 48.9 Å². The van der Waals surface area contributed by atoms with Crippen LogP contribution in [0.25, 0.3) is 0 Å². The quantitative estimate of drug-likeness (QED) is 0.609. The standard InChI is InChI=1S/C14H16N2O5S/c1-9(17)22-8-10-5-14(18)15(7-10)12-6-11(16(19)20)3-4-13(12)21-2/h3-4,6,10H,5,7-8H2,1-2H3. The van der Waals surface area contributed by atoms with Crippen LogP contribution in [0.2, 0.25) is 0 Å². The molecule has 1 aliphatic heterocycles. The molecule has 0 bridgehead atoms. The third-order valence-corrected chi connectivity index (χ3v) is 4.44. The number of hydrogen-bond acceptors (Lipinski definition) is 6. The number of methoxy groups -OCH3 is 1. The van der Waals surface area contributed by atoms with E-state index in [-0.39, 0.29) is 22.6 Å². The lowest BCUT2D eigenvalue weighted by Crippen LogP contribution is -2.25. The van der Waals surface area contributed by atoms with Gasteiger partial charge in [-0.3, -0.25) is 19.7 Å². The minimum atomic E-state index is -0.507. The molecule has 1 atom stereocenters. The molecule has 7 nitrogen and oxygen atoms in total. The predicted octanol–water partition coefficient (Wildman–Crippen LogP) is 2.24. The average molecular weight is 324 g/mol. The molecule has 1 fully saturated rings. The minimum absolute atomic E-state index is 0.0128.